The van der Waals surface area contributed by atoms with Crippen LogP contribution >= 0.6 is 0 Å². The van der Waals surface area contributed by atoms with Crippen LogP contribution in [0, 0.1) is 11.3 Å². The average Bonchev–Trinajstić information content (AvgIpc) is 3.65. The highest BCUT2D eigenvalue weighted by Gasteiger charge is 2.24. The molecule has 1 N–H and O–H groups in total. The normalized spacial score (nSPS) is 15.6. The molecule has 0 spiro atoms. The summed E-state index contributed by atoms with van der Waals surface area (Å²) in [6.07, 6.45) is 7.75. The summed E-state index contributed by atoms with van der Waals surface area (Å²) in [7, 11) is 0. The number of imidazole rings is 1. The van der Waals surface area contributed by atoms with Gasteiger partial charge in [-0.2, -0.15) is 5.26 Å². The second-order valence-corrected chi connectivity index (χ2v) is 9.70. The maximum absolute atomic E-state index is 13.2. The quantitative estimate of drug-likeness (QED) is 0.427. The van der Waals surface area contributed by atoms with Crippen LogP contribution in [0.5, 0.6) is 0 Å². The van der Waals surface area contributed by atoms with E-state index in [-0.39, 0.29) is 12.5 Å². The molecular weight excluding hydrogens is 476 g/mol. The van der Waals surface area contributed by atoms with Gasteiger partial charge in [-0.1, -0.05) is 18.2 Å². The Hall–Kier alpha value is -4.58. The highest BCUT2D eigenvalue weighted by Crippen LogP contribution is 2.31. The third-order valence-corrected chi connectivity index (χ3v) is 7.44. The van der Waals surface area contributed by atoms with E-state index in [2.05, 4.69) is 50.4 Å². The summed E-state index contributed by atoms with van der Waals surface area (Å²) in [5, 5.41) is 12.8. The molecule has 4 aromatic rings. The van der Waals surface area contributed by atoms with E-state index in [0.29, 0.717) is 31.7 Å². The number of piperazine rings is 1. The predicted molar refractivity (Wildman–Crippen MR) is 148 cm³/mol. The first-order chi connectivity index (χ1) is 18.7. The number of nitrogens with zero attached hydrogens (tertiary/aromatic N) is 7. The summed E-state index contributed by atoms with van der Waals surface area (Å²) in [5.41, 5.74) is 5.36. The number of nitrogens with one attached hydrogen (secondary N) is 1. The average molecular weight is 507 g/mol. The SMILES string of the molecule is N#Cc1cnccc1N1CCN(C(=O)CNc2c(-c3ccc(N4CCCC4)cc3)nc3ccccn23)CC1. The van der Waals surface area contributed by atoms with Crippen LogP contribution in [0.4, 0.5) is 17.2 Å². The highest BCUT2D eigenvalue weighted by molar-refractivity contribution is 5.84. The Labute approximate surface area is 221 Å². The van der Waals surface area contributed by atoms with Gasteiger partial charge in [-0.05, 0) is 43.2 Å². The fourth-order valence-corrected chi connectivity index (χ4v) is 5.39. The molecule has 1 aromatic carbocycles. The van der Waals surface area contributed by atoms with Crippen LogP contribution in [0.15, 0.2) is 67.1 Å². The van der Waals surface area contributed by atoms with Crippen LogP contribution in [0.2, 0.25) is 0 Å². The fourth-order valence-electron chi connectivity index (χ4n) is 5.39. The molecule has 0 aliphatic carbocycles. The molecule has 0 radical (unpaired) electrons. The molecule has 3 aromatic heterocycles. The monoisotopic (exact) mass is 506 g/mol. The van der Waals surface area contributed by atoms with Crippen LogP contribution in [0.25, 0.3) is 16.9 Å². The van der Waals surface area contributed by atoms with Crippen LogP contribution in [-0.4, -0.2) is 71.0 Å². The molecule has 0 bridgehead atoms. The van der Waals surface area contributed by atoms with Gasteiger partial charge in [0.15, 0.2) is 0 Å². The Balaban J connectivity index is 1.15. The van der Waals surface area contributed by atoms with Gasteiger partial charge in [0.05, 0.1) is 17.8 Å². The highest BCUT2D eigenvalue weighted by atomic mass is 16.2. The van der Waals surface area contributed by atoms with E-state index >= 15 is 0 Å². The first kappa shape index (κ1) is 23.8. The van der Waals surface area contributed by atoms with Crippen molar-refractivity contribution in [3.8, 4) is 17.3 Å². The van der Waals surface area contributed by atoms with Crippen molar-refractivity contribution in [3.05, 3.63) is 72.7 Å². The largest absolute Gasteiger partial charge is 0.372 e. The number of hydrogen-bond donors (Lipinski definition) is 1. The van der Waals surface area contributed by atoms with Crippen molar-refractivity contribution in [1.82, 2.24) is 19.3 Å². The van der Waals surface area contributed by atoms with Gasteiger partial charge in [0, 0.05) is 69.1 Å². The summed E-state index contributed by atoms with van der Waals surface area (Å²) in [6.45, 7) is 4.96. The maximum atomic E-state index is 13.2. The number of pyridine rings is 2. The van der Waals surface area contributed by atoms with E-state index < -0.39 is 0 Å². The van der Waals surface area contributed by atoms with E-state index in [1.807, 2.05) is 39.8 Å². The van der Waals surface area contributed by atoms with Gasteiger partial charge in [-0.3, -0.25) is 14.2 Å². The van der Waals surface area contributed by atoms with Crippen molar-refractivity contribution in [1.29, 1.82) is 5.26 Å². The van der Waals surface area contributed by atoms with Crippen molar-refractivity contribution < 1.29 is 4.79 Å². The Morgan fingerprint density at radius 1 is 0.947 bits per heavy atom. The van der Waals surface area contributed by atoms with Gasteiger partial charge >= 0.3 is 0 Å². The molecule has 2 saturated heterocycles. The second kappa shape index (κ2) is 10.4. The van der Waals surface area contributed by atoms with Gasteiger partial charge in [-0.25, -0.2) is 4.98 Å². The van der Waals surface area contributed by atoms with Crippen molar-refractivity contribution in [2.45, 2.75) is 12.8 Å². The van der Waals surface area contributed by atoms with Crippen LogP contribution in [0.3, 0.4) is 0 Å². The maximum Gasteiger partial charge on any atom is 0.242 e. The standard InChI is InChI=1S/C29H30N8O/c30-19-23-20-31-11-10-25(23)35-15-17-36(18-16-35)27(38)21-32-29-28(33-26-5-1-2-14-37(26)29)22-6-8-24(9-7-22)34-12-3-4-13-34/h1-2,5-11,14,20,32H,3-4,12-13,15-18,21H2. The van der Waals surface area contributed by atoms with Crippen LogP contribution in [-0.2, 0) is 4.79 Å². The lowest BCUT2D eigenvalue weighted by molar-refractivity contribution is -0.129. The predicted octanol–water partition coefficient (Wildman–Crippen LogP) is 3.63. The van der Waals surface area contributed by atoms with Crippen molar-refractivity contribution in [2.24, 2.45) is 0 Å². The summed E-state index contributed by atoms with van der Waals surface area (Å²) >= 11 is 0. The molecular formula is C29H30N8O. The number of nitriles is 1. The van der Waals surface area contributed by atoms with Gasteiger partial charge in [0.25, 0.3) is 0 Å². The van der Waals surface area contributed by atoms with E-state index in [1.54, 1.807) is 12.4 Å². The number of carbonyl (C=O) groups excluding carboxylic acids is 1. The number of anilines is 3. The molecule has 2 fully saturated rings. The summed E-state index contributed by atoms with van der Waals surface area (Å²) in [5.74, 6) is 0.859. The minimum absolute atomic E-state index is 0.0427. The van der Waals surface area contributed by atoms with E-state index in [9.17, 15) is 10.1 Å². The third-order valence-electron chi connectivity index (χ3n) is 7.44. The molecule has 2 aliphatic rings. The first-order valence-electron chi connectivity index (χ1n) is 13.1. The number of carbonyl (C=O) groups is 1. The van der Waals surface area contributed by atoms with Crippen molar-refractivity contribution >= 4 is 28.7 Å². The second-order valence-electron chi connectivity index (χ2n) is 9.70. The van der Waals surface area contributed by atoms with Gasteiger partial charge in [-0.15, -0.1) is 0 Å². The number of benzene rings is 1. The van der Waals surface area contributed by atoms with Gasteiger partial charge in [0.1, 0.15) is 23.2 Å². The van der Waals surface area contributed by atoms with Crippen molar-refractivity contribution in [3.63, 3.8) is 0 Å². The number of amides is 1. The lowest BCUT2D eigenvalue weighted by atomic mass is 10.1. The Kier molecular flexibility index (Phi) is 6.53. The van der Waals surface area contributed by atoms with Crippen LogP contribution in [0.1, 0.15) is 18.4 Å². The van der Waals surface area contributed by atoms with Crippen LogP contribution < -0.4 is 15.1 Å². The molecule has 6 rings (SSSR count). The third kappa shape index (κ3) is 4.61. The molecule has 2 aliphatic heterocycles. The number of aromatic nitrogens is 3. The molecule has 9 nitrogen and oxygen atoms in total. The molecule has 0 unspecified atom stereocenters. The van der Waals surface area contributed by atoms with E-state index in [1.165, 1.54) is 18.5 Å². The number of rotatable bonds is 6. The first-order valence-corrected chi connectivity index (χ1v) is 13.1. The van der Waals surface area contributed by atoms with E-state index in [4.69, 9.17) is 4.98 Å². The zero-order valence-corrected chi connectivity index (χ0v) is 21.3. The Morgan fingerprint density at radius 2 is 1.74 bits per heavy atom. The molecule has 1 amide bonds. The zero-order valence-electron chi connectivity index (χ0n) is 21.3. The molecule has 192 valence electrons. The zero-order chi connectivity index (χ0) is 25.9. The summed E-state index contributed by atoms with van der Waals surface area (Å²) < 4.78 is 2.00. The summed E-state index contributed by atoms with van der Waals surface area (Å²) in [6, 6.07) is 18.6. The molecule has 0 atom stereocenters. The lowest BCUT2D eigenvalue weighted by Gasteiger charge is -2.36. The lowest BCUT2D eigenvalue weighted by Crippen LogP contribution is -2.50. The number of hydrogen-bond acceptors (Lipinski definition) is 7. The minimum atomic E-state index is 0.0427. The smallest absolute Gasteiger partial charge is 0.242 e. The van der Waals surface area contributed by atoms with Gasteiger partial charge in [0.2, 0.25) is 5.91 Å². The number of fused-ring (bicyclic) bond motifs is 1. The fraction of sp³-hybridized carbons (Fsp3) is 0.310. The Morgan fingerprint density at radius 3 is 2.50 bits per heavy atom. The van der Waals surface area contributed by atoms with Gasteiger partial charge < -0.3 is 20.0 Å². The Bertz CT molecular complexity index is 1470. The molecule has 9 heteroatoms. The van der Waals surface area contributed by atoms with Crippen molar-refractivity contribution in [2.75, 3.05) is 60.9 Å². The molecule has 5 heterocycles. The van der Waals surface area contributed by atoms with E-state index in [0.717, 1.165) is 41.5 Å². The molecule has 38 heavy (non-hydrogen) atoms. The molecule has 0 saturated carbocycles. The topological polar surface area (TPSA) is 92.8 Å². The minimum Gasteiger partial charge on any atom is -0.372 e. The summed E-state index contributed by atoms with van der Waals surface area (Å²) in [4.78, 5) is 28.6.